The van der Waals surface area contributed by atoms with Crippen molar-refractivity contribution >= 4 is 0 Å². The zero-order chi connectivity index (χ0) is 11.7. The molecule has 0 aromatic rings. The lowest BCUT2D eigenvalue weighted by molar-refractivity contribution is 0.130. The zero-order valence-corrected chi connectivity index (χ0v) is 10.8. The summed E-state index contributed by atoms with van der Waals surface area (Å²) >= 11 is 0. The summed E-state index contributed by atoms with van der Waals surface area (Å²) in [6.07, 6.45) is 4.64. The van der Waals surface area contributed by atoms with E-state index in [0.29, 0.717) is 12.6 Å². The first kappa shape index (κ1) is 14.9. The van der Waals surface area contributed by atoms with Crippen molar-refractivity contribution in [3.8, 4) is 0 Å². The molecule has 0 rings (SSSR count). The molecule has 0 saturated carbocycles. The minimum atomic E-state index is -0.254. The van der Waals surface area contributed by atoms with Crippen LogP contribution in [0.4, 0.5) is 0 Å². The Kier molecular flexibility index (Phi) is 9.06. The lowest BCUT2D eigenvalue weighted by Gasteiger charge is -2.21. The van der Waals surface area contributed by atoms with Crippen LogP contribution in [0.2, 0.25) is 0 Å². The van der Waals surface area contributed by atoms with Gasteiger partial charge in [0, 0.05) is 19.1 Å². The van der Waals surface area contributed by atoms with Gasteiger partial charge in [-0.2, -0.15) is 0 Å². The van der Waals surface area contributed by atoms with Crippen LogP contribution in [-0.2, 0) is 0 Å². The summed E-state index contributed by atoms with van der Waals surface area (Å²) in [7, 11) is 3.97. The molecule has 0 fully saturated rings. The third-order valence-electron chi connectivity index (χ3n) is 2.62. The third-order valence-corrected chi connectivity index (χ3v) is 2.62. The lowest BCUT2D eigenvalue weighted by atomic mass is 10.1. The summed E-state index contributed by atoms with van der Waals surface area (Å²) < 4.78 is 0. The van der Waals surface area contributed by atoms with Crippen molar-refractivity contribution in [2.75, 3.05) is 27.2 Å². The highest BCUT2D eigenvalue weighted by Crippen LogP contribution is 2.03. The largest absolute Gasteiger partial charge is 0.390 e. The van der Waals surface area contributed by atoms with Crippen LogP contribution in [-0.4, -0.2) is 49.3 Å². The highest BCUT2D eigenvalue weighted by atomic mass is 16.3. The Morgan fingerprint density at radius 1 is 1.27 bits per heavy atom. The molecular formula is C12H28N2O. The van der Waals surface area contributed by atoms with E-state index in [0.717, 1.165) is 13.0 Å². The second kappa shape index (κ2) is 9.13. The Morgan fingerprint density at radius 3 is 2.40 bits per heavy atom. The Bertz CT molecular complexity index is 140. The van der Waals surface area contributed by atoms with Gasteiger partial charge >= 0.3 is 0 Å². The van der Waals surface area contributed by atoms with Gasteiger partial charge in [-0.05, 0) is 26.9 Å². The summed E-state index contributed by atoms with van der Waals surface area (Å²) in [5, 5.41) is 13.1. The predicted molar refractivity (Wildman–Crippen MR) is 66.2 cm³/mol. The highest BCUT2D eigenvalue weighted by Gasteiger charge is 2.09. The molecule has 2 unspecified atom stereocenters. The minimum absolute atomic E-state index is 0.254. The molecule has 92 valence electrons. The van der Waals surface area contributed by atoms with E-state index in [-0.39, 0.29) is 6.10 Å². The van der Waals surface area contributed by atoms with Crippen LogP contribution < -0.4 is 5.32 Å². The van der Waals surface area contributed by atoms with Crippen molar-refractivity contribution < 1.29 is 5.11 Å². The number of hydrogen-bond acceptors (Lipinski definition) is 3. The van der Waals surface area contributed by atoms with Crippen molar-refractivity contribution in [3.63, 3.8) is 0 Å². The topological polar surface area (TPSA) is 35.5 Å². The average molecular weight is 216 g/mol. The van der Waals surface area contributed by atoms with E-state index < -0.39 is 0 Å². The fourth-order valence-electron chi connectivity index (χ4n) is 1.69. The van der Waals surface area contributed by atoms with Crippen LogP contribution in [0.3, 0.4) is 0 Å². The molecule has 3 nitrogen and oxygen atoms in total. The molecule has 0 aromatic heterocycles. The van der Waals surface area contributed by atoms with E-state index >= 15 is 0 Å². The predicted octanol–water partition coefficient (Wildman–Crippen LogP) is 1.47. The van der Waals surface area contributed by atoms with E-state index in [4.69, 9.17) is 0 Å². The first-order valence-corrected chi connectivity index (χ1v) is 6.16. The van der Waals surface area contributed by atoms with Crippen molar-refractivity contribution in [2.24, 2.45) is 0 Å². The van der Waals surface area contributed by atoms with Crippen LogP contribution in [0.25, 0.3) is 0 Å². The lowest BCUT2D eigenvalue weighted by Crippen LogP contribution is -2.39. The summed E-state index contributed by atoms with van der Waals surface area (Å²) in [4.78, 5) is 2.01. The van der Waals surface area contributed by atoms with E-state index in [2.05, 4.69) is 19.2 Å². The van der Waals surface area contributed by atoms with Gasteiger partial charge in [-0.1, -0.05) is 26.7 Å². The fraction of sp³-hybridized carbons (Fsp3) is 1.00. The van der Waals surface area contributed by atoms with Gasteiger partial charge in [-0.25, -0.2) is 0 Å². The Balaban J connectivity index is 3.60. The summed E-state index contributed by atoms with van der Waals surface area (Å²) in [5.41, 5.74) is 0. The van der Waals surface area contributed by atoms with Gasteiger partial charge in [0.25, 0.3) is 0 Å². The normalized spacial score (nSPS) is 15.6. The van der Waals surface area contributed by atoms with Gasteiger partial charge < -0.3 is 15.3 Å². The number of aliphatic hydroxyl groups is 1. The number of aliphatic hydroxyl groups excluding tert-OH is 1. The number of likely N-dealkylation sites (N-methyl/N-ethyl adjacent to an activating group) is 1. The van der Waals surface area contributed by atoms with Crippen molar-refractivity contribution in [1.82, 2.24) is 10.2 Å². The van der Waals surface area contributed by atoms with Gasteiger partial charge in [0.15, 0.2) is 0 Å². The molecule has 2 N–H and O–H groups in total. The second-order valence-corrected chi connectivity index (χ2v) is 4.57. The van der Waals surface area contributed by atoms with Gasteiger partial charge in [-0.3, -0.25) is 0 Å². The van der Waals surface area contributed by atoms with Crippen molar-refractivity contribution in [1.29, 1.82) is 0 Å². The fourth-order valence-corrected chi connectivity index (χ4v) is 1.69. The Labute approximate surface area is 94.9 Å². The minimum Gasteiger partial charge on any atom is -0.390 e. The molecule has 0 heterocycles. The Morgan fingerprint density at radius 2 is 1.93 bits per heavy atom. The number of nitrogens with one attached hydrogen (secondary N) is 1. The number of nitrogens with zero attached hydrogens (tertiary/aromatic N) is 1. The summed E-state index contributed by atoms with van der Waals surface area (Å²) in [5.74, 6) is 0. The van der Waals surface area contributed by atoms with Crippen molar-refractivity contribution in [3.05, 3.63) is 0 Å². The molecule has 0 spiro atoms. The van der Waals surface area contributed by atoms with Crippen molar-refractivity contribution in [2.45, 2.75) is 51.7 Å². The molecule has 0 aliphatic carbocycles. The molecule has 0 amide bonds. The molecule has 0 aliphatic rings. The first-order chi connectivity index (χ1) is 7.10. The maximum Gasteiger partial charge on any atom is 0.0791 e. The molecule has 0 aromatic carbocycles. The van der Waals surface area contributed by atoms with E-state index in [1.807, 2.05) is 19.0 Å². The van der Waals surface area contributed by atoms with Crippen LogP contribution in [0, 0.1) is 0 Å². The smallest absolute Gasteiger partial charge is 0.0791 e. The van der Waals surface area contributed by atoms with E-state index in [1.165, 1.54) is 19.3 Å². The quantitative estimate of drug-likeness (QED) is 0.612. The second-order valence-electron chi connectivity index (χ2n) is 4.57. The average Bonchev–Trinajstić information content (AvgIpc) is 2.17. The molecule has 0 aliphatic heterocycles. The maximum absolute atomic E-state index is 9.69. The van der Waals surface area contributed by atoms with Gasteiger partial charge in [0.05, 0.1) is 6.10 Å². The monoisotopic (exact) mass is 216 g/mol. The van der Waals surface area contributed by atoms with Crippen LogP contribution >= 0.6 is 0 Å². The molecular weight excluding hydrogens is 188 g/mol. The molecule has 15 heavy (non-hydrogen) atoms. The van der Waals surface area contributed by atoms with Gasteiger partial charge in [0.1, 0.15) is 0 Å². The number of unbranched alkanes of at least 4 members (excludes halogenated alkanes) is 1. The number of rotatable bonds is 9. The zero-order valence-electron chi connectivity index (χ0n) is 10.8. The summed E-state index contributed by atoms with van der Waals surface area (Å²) in [6.45, 7) is 5.86. The van der Waals surface area contributed by atoms with Gasteiger partial charge in [-0.15, -0.1) is 0 Å². The SMILES string of the molecule is CCCCC(CC)NCC(O)CN(C)C. The molecule has 2 atom stereocenters. The molecule has 0 radical (unpaired) electrons. The van der Waals surface area contributed by atoms with Gasteiger partial charge in [0.2, 0.25) is 0 Å². The van der Waals surface area contributed by atoms with E-state index in [1.54, 1.807) is 0 Å². The third kappa shape index (κ3) is 8.85. The van der Waals surface area contributed by atoms with E-state index in [9.17, 15) is 5.11 Å². The summed E-state index contributed by atoms with van der Waals surface area (Å²) in [6, 6.07) is 0.571. The van der Waals surface area contributed by atoms with Crippen LogP contribution in [0.15, 0.2) is 0 Å². The van der Waals surface area contributed by atoms with Crippen LogP contribution in [0.1, 0.15) is 39.5 Å². The molecule has 0 saturated heterocycles. The standard InChI is InChI=1S/C12H28N2O/c1-5-7-8-11(6-2)13-9-12(15)10-14(3)4/h11-13,15H,5-10H2,1-4H3. The molecule has 0 bridgehead atoms. The maximum atomic E-state index is 9.69. The molecule has 3 heteroatoms. The number of hydrogen-bond donors (Lipinski definition) is 2. The highest BCUT2D eigenvalue weighted by molar-refractivity contribution is 4.69. The first-order valence-electron chi connectivity index (χ1n) is 6.16. The van der Waals surface area contributed by atoms with Crippen LogP contribution in [0.5, 0.6) is 0 Å². The Hall–Kier alpha value is -0.120.